The van der Waals surface area contributed by atoms with Crippen LogP contribution in [0.3, 0.4) is 0 Å². The van der Waals surface area contributed by atoms with Gasteiger partial charge in [0.1, 0.15) is 10.8 Å². The van der Waals surface area contributed by atoms with E-state index in [2.05, 4.69) is 48.3 Å². The maximum atomic E-state index is 4.73. The van der Waals surface area contributed by atoms with Crippen LogP contribution in [0.5, 0.6) is 0 Å². The van der Waals surface area contributed by atoms with Gasteiger partial charge >= 0.3 is 0 Å². The Kier molecular flexibility index (Phi) is 6.49. The highest BCUT2D eigenvalue weighted by Gasteiger charge is 2.18. The first-order valence-electron chi connectivity index (χ1n) is 9.72. The molecule has 0 bridgehead atoms. The maximum absolute atomic E-state index is 4.73. The van der Waals surface area contributed by atoms with Gasteiger partial charge in [0.15, 0.2) is 0 Å². The number of hydrogen-bond acceptors (Lipinski definition) is 4. The molecular weight excluding hydrogens is 326 g/mol. The minimum Gasteiger partial charge on any atom is -0.372 e. The van der Waals surface area contributed by atoms with Crippen LogP contribution >= 0.6 is 11.3 Å². The van der Waals surface area contributed by atoms with Crippen LogP contribution < -0.4 is 5.32 Å². The first-order valence-corrected chi connectivity index (χ1v) is 10.5. The molecule has 3 nitrogen and oxygen atoms in total. The molecule has 3 rings (SSSR count). The number of aryl methyl sites for hydroxylation is 2. The van der Waals surface area contributed by atoms with E-state index in [0.717, 1.165) is 23.3 Å². The molecule has 1 N–H and O–H groups in total. The van der Waals surface area contributed by atoms with Crippen molar-refractivity contribution in [2.45, 2.75) is 58.4 Å². The van der Waals surface area contributed by atoms with Crippen LogP contribution in [0.25, 0.3) is 10.6 Å². The van der Waals surface area contributed by atoms with Gasteiger partial charge in [-0.25, -0.2) is 4.98 Å². The third kappa shape index (κ3) is 4.62. The summed E-state index contributed by atoms with van der Waals surface area (Å²) in [5, 5.41) is 4.32. The van der Waals surface area contributed by atoms with Crippen molar-refractivity contribution in [1.29, 1.82) is 0 Å². The maximum Gasteiger partial charge on any atom is 0.140 e. The van der Waals surface area contributed by atoms with Gasteiger partial charge in [-0.3, -0.25) is 0 Å². The number of aromatic nitrogens is 1. The van der Waals surface area contributed by atoms with Gasteiger partial charge in [0, 0.05) is 23.5 Å². The van der Waals surface area contributed by atoms with Gasteiger partial charge in [-0.1, -0.05) is 31.2 Å². The fourth-order valence-electron chi connectivity index (χ4n) is 3.69. The van der Waals surface area contributed by atoms with Crippen LogP contribution in [0.2, 0.25) is 0 Å². The Balaban J connectivity index is 1.51. The second-order valence-corrected chi connectivity index (χ2v) is 8.16. The van der Waals surface area contributed by atoms with E-state index in [4.69, 9.17) is 4.98 Å². The number of likely N-dealkylation sites (tertiary alicyclic amines) is 1. The topological polar surface area (TPSA) is 28.2 Å². The third-order valence-electron chi connectivity index (χ3n) is 5.31. The van der Waals surface area contributed by atoms with Crippen molar-refractivity contribution < 1.29 is 0 Å². The summed E-state index contributed by atoms with van der Waals surface area (Å²) in [4.78, 5) is 8.71. The second kappa shape index (κ2) is 8.81. The Bertz CT molecular complexity index is 641. The summed E-state index contributed by atoms with van der Waals surface area (Å²) in [5.74, 6) is 1.03. The summed E-state index contributed by atoms with van der Waals surface area (Å²) in [5.41, 5.74) is 2.68. The largest absolute Gasteiger partial charge is 0.372 e. The fraction of sp³-hybridized carbons (Fsp3) is 0.571. The minimum atomic E-state index is 0.799. The van der Waals surface area contributed by atoms with Gasteiger partial charge < -0.3 is 10.2 Å². The van der Waals surface area contributed by atoms with Crippen LogP contribution in [-0.4, -0.2) is 36.1 Å². The molecule has 0 spiro atoms. The minimum absolute atomic E-state index is 0.799. The van der Waals surface area contributed by atoms with E-state index in [1.54, 1.807) is 11.3 Å². The van der Waals surface area contributed by atoms with Crippen molar-refractivity contribution in [1.82, 2.24) is 9.88 Å². The number of thiazole rings is 1. The predicted octanol–water partition coefficient (Wildman–Crippen LogP) is 5.22. The fourth-order valence-corrected chi connectivity index (χ4v) is 4.71. The van der Waals surface area contributed by atoms with Gasteiger partial charge in [-0.05, 0) is 64.1 Å². The van der Waals surface area contributed by atoms with E-state index >= 15 is 0 Å². The molecule has 0 radical (unpaired) electrons. The summed E-state index contributed by atoms with van der Waals surface area (Å²) in [6.45, 7) is 7.13. The number of nitrogens with one attached hydrogen (secondary N) is 1. The van der Waals surface area contributed by atoms with Gasteiger partial charge in [-0.2, -0.15) is 0 Å². The zero-order chi connectivity index (χ0) is 17.6. The van der Waals surface area contributed by atoms with E-state index in [0.29, 0.717) is 0 Å². The van der Waals surface area contributed by atoms with Crippen LogP contribution in [0.15, 0.2) is 24.3 Å². The van der Waals surface area contributed by atoms with Crippen LogP contribution in [0.4, 0.5) is 5.82 Å². The normalized spacial score (nSPS) is 18.0. The smallest absolute Gasteiger partial charge is 0.140 e. The second-order valence-electron chi connectivity index (χ2n) is 7.08. The lowest BCUT2D eigenvalue weighted by molar-refractivity contribution is 0.263. The molecule has 1 aliphatic heterocycles. The molecule has 1 aliphatic rings. The van der Waals surface area contributed by atoms with Gasteiger partial charge in [0.2, 0.25) is 0 Å². The van der Waals surface area contributed by atoms with Crippen molar-refractivity contribution in [3.05, 3.63) is 34.7 Å². The zero-order valence-electron chi connectivity index (χ0n) is 15.8. The molecule has 136 valence electrons. The van der Waals surface area contributed by atoms with Gasteiger partial charge in [-0.15, -0.1) is 11.3 Å². The number of anilines is 1. The van der Waals surface area contributed by atoms with E-state index < -0.39 is 0 Å². The number of rotatable bonds is 8. The Labute approximate surface area is 156 Å². The first kappa shape index (κ1) is 18.4. The molecule has 1 aromatic carbocycles. The molecule has 0 saturated carbocycles. The van der Waals surface area contributed by atoms with Gasteiger partial charge in [0.25, 0.3) is 0 Å². The van der Waals surface area contributed by atoms with Crippen molar-refractivity contribution in [2.24, 2.45) is 0 Å². The highest BCUT2D eigenvalue weighted by molar-refractivity contribution is 7.15. The van der Waals surface area contributed by atoms with E-state index in [1.165, 1.54) is 61.2 Å². The van der Waals surface area contributed by atoms with E-state index in [1.807, 2.05) is 7.05 Å². The SMILES string of the molecule is CCc1sc(-c2ccc(CCCCN3CCCC3C)cc2)nc1NC. The molecule has 1 aromatic heterocycles. The summed E-state index contributed by atoms with van der Waals surface area (Å²) in [6, 6.07) is 9.82. The molecule has 1 saturated heterocycles. The van der Waals surface area contributed by atoms with E-state index in [9.17, 15) is 0 Å². The summed E-state index contributed by atoms with van der Waals surface area (Å²) in [6.07, 6.45) is 7.57. The Morgan fingerprint density at radius 3 is 2.64 bits per heavy atom. The third-order valence-corrected chi connectivity index (χ3v) is 6.56. The first-order chi connectivity index (χ1) is 12.2. The molecular formula is C21H31N3S. The molecule has 25 heavy (non-hydrogen) atoms. The summed E-state index contributed by atoms with van der Waals surface area (Å²) in [7, 11) is 1.95. The number of benzene rings is 1. The van der Waals surface area contributed by atoms with Crippen molar-refractivity contribution in [3.8, 4) is 10.6 Å². The average molecular weight is 358 g/mol. The van der Waals surface area contributed by atoms with Crippen LogP contribution in [0.1, 0.15) is 50.0 Å². The standard InChI is InChI=1S/C21H31N3S/c1-4-19-20(22-3)23-21(25-19)18-12-10-17(11-13-18)9-5-6-14-24-15-7-8-16(24)2/h10-13,16,22H,4-9,14-15H2,1-3H3. The number of unbranched alkanes of at least 4 members (excludes halogenated alkanes) is 1. The quantitative estimate of drug-likeness (QED) is 0.656. The summed E-state index contributed by atoms with van der Waals surface area (Å²) >= 11 is 1.80. The molecule has 4 heteroatoms. The van der Waals surface area contributed by atoms with Crippen molar-refractivity contribution in [2.75, 3.05) is 25.5 Å². The summed E-state index contributed by atoms with van der Waals surface area (Å²) < 4.78 is 0. The Morgan fingerprint density at radius 2 is 2.04 bits per heavy atom. The molecule has 1 atom stereocenters. The Morgan fingerprint density at radius 1 is 1.24 bits per heavy atom. The van der Waals surface area contributed by atoms with Crippen LogP contribution in [-0.2, 0) is 12.8 Å². The average Bonchev–Trinajstić information content (AvgIpc) is 3.25. The predicted molar refractivity (Wildman–Crippen MR) is 110 cm³/mol. The van der Waals surface area contributed by atoms with Gasteiger partial charge in [0.05, 0.1) is 0 Å². The van der Waals surface area contributed by atoms with E-state index in [-0.39, 0.29) is 0 Å². The highest BCUT2D eigenvalue weighted by atomic mass is 32.1. The van der Waals surface area contributed by atoms with Crippen molar-refractivity contribution in [3.63, 3.8) is 0 Å². The molecule has 0 aliphatic carbocycles. The van der Waals surface area contributed by atoms with Crippen molar-refractivity contribution >= 4 is 17.2 Å². The monoisotopic (exact) mass is 357 g/mol. The molecule has 1 unspecified atom stereocenters. The highest BCUT2D eigenvalue weighted by Crippen LogP contribution is 2.31. The lowest BCUT2D eigenvalue weighted by atomic mass is 10.1. The van der Waals surface area contributed by atoms with Crippen LogP contribution in [0, 0.1) is 0 Å². The molecule has 0 amide bonds. The lowest BCUT2D eigenvalue weighted by Gasteiger charge is -2.20. The zero-order valence-corrected chi connectivity index (χ0v) is 16.7. The number of hydrogen-bond donors (Lipinski definition) is 1. The Hall–Kier alpha value is -1.39. The molecule has 2 heterocycles. The number of nitrogens with zero attached hydrogens (tertiary/aromatic N) is 2. The lowest BCUT2D eigenvalue weighted by Crippen LogP contribution is -2.27. The molecule has 1 fully saturated rings. The molecule has 2 aromatic rings.